The number of ether oxygens (including phenoxy) is 1. The lowest BCUT2D eigenvalue weighted by Gasteiger charge is -2.36. The smallest absolute Gasteiger partial charge is 0.267 e. The fraction of sp³-hybridized carbons (Fsp3) is 0.478. The van der Waals surface area contributed by atoms with E-state index in [1.807, 2.05) is 19.1 Å². The van der Waals surface area contributed by atoms with Crippen LogP contribution in [-0.4, -0.2) is 57.9 Å². The average molecular weight is 473 g/mol. The molecule has 0 N–H and O–H groups in total. The summed E-state index contributed by atoms with van der Waals surface area (Å²) < 4.78 is 7.14. The van der Waals surface area contributed by atoms with E-state index in [0.717, 1.165) is 25.1 Å². The molecule has 32 heavy (non-hydrogen) atoms. The molecule has 170 valence electrons. The number of carbonyl (C=O) groups excluding carboxylic acids is 1. The van der Waals surface area contributed by atoms with Gasteiger partial charge in [0.1, 0.15) is 15.8 Å². The number of aryl methyl sites for hydroxylation is 1. The Balaban J connectivity index is 1.84. The van der Waals surface area contributed by atoms with Crippen molar-refractivity contribution >= 4 is 51.7 Å². The van der Waals surface area contributed by atoms with Crippen molar-refractivity contribution in [2.45, 2.75) is 27.2 Å². The number of methoxy groups -OCH3 is 1. The van der Waals surface area contributed by atoms with E-state index in [9.17, 15) is 9.59 Å². The third-order valence-electron chi connectivity index (χ3n) is 5.82. The third-order valence-corrected chi connectivity index (χ3v) is 7.20. The second-order valence-electron chi connectivity index (χ2n) is 8.77. The van der Waals surface area contributed by atoms with Crippen LogP contribution in [0, 0.1) is 18.8 Å². The highest BCUT2D eigenvalue weighted by atomic mass is 32.2. The van der Waals surface area contributed by atoms with E-state index in [2.05, 4.69) is 18.7 Å². The average Bonchev–Trinajstić information content (AvgIpc) is 3.00. The Bertz CT molecular complexity index is 1150. The maximum atomic E-state index is 13.6. The molecule has 2 aromatic heterocycles. The quantitative estimate of drug-likeness (QED) is 0.488. The zero-order valence-corrected chi connectivity index (χ0v) is 20.5. The number of carbonyl (C=O) groups is 1. The zero-order valence-electron chi connectivity index (χ0n) is 18.8. The minimum absolute atomic E-state index is 0.179. The van der Waals surface area contributed by atoms with Crippen LogP contribution in [0.3, 0.4) is 0 Å². The lowest BCUT2D eigenvalue weighted by molar-refractivity contribution is -0.122. The summed E-state index contributed by atoms with van der Waals surface area (Å²) in [6, 6.07) is 3.82. The van der Waals surface area contributed by atoms with E-state index in [1.54, 1.807) is 23.8 Å². The number of piperidine rings is 1. The first-order valence-electron chi connectivity index (χ1n) is 10.8. The van der Waals surface area contributed by atoms with Gasteiger partial charge < -0.3 is 9.64 Å². The lowest BCUT2D eigenvalue weighted by Crippen LogP contribution is -2.40. The summed E-state index contributed by atoms with van der Waals surface area (Å²) in [6.45, 7) is 8.83. The minimum Gasteiger partial charge on any atom is -0.383 e. The molecule has 0 saturated carbocycles. The van der Waals surface area contributed by atoms with Crippen LogP contribution in [0.4, 0.5) is 5.82 Å². The van der Waals surface area contributed by atoms with Gasteiger partial charge in [0, 0.05) is 26.4 Å². The van der Waals surface area contributed by atoms with Crippen molar-refractivity contribution in [3.05, 3.63) is 44.7 Å². The van der Waals surface area contributed by atoms with Crippen molar-refractivity contribution in [1.82, 2.24) is 14.3 Å². The molecule has 0 aromatic carbocycles. The monoisotopic (exact) mass is 472 g/mol. The largest absolute Gasteiger partial charge is 0.383 e. The number of hydrogen-bond acceptors (Lipinski definition) is 7. The van der Waals surface area contributed by atoms with Crippen LogP contribution >= 0.6 is 24.0 Å². The first-order valence-corrected chi connectivity index (χ1v) is 12.0. The van der Waals surface area contributed by atoms with Crippen LogP contribution in [0.1, 0.15) is 31.4 Å². The maximum absolute atomic E-state index is 13.6. The van der Waals surface area contributed by atoms with E-state index in [1.165, 1.54) is 16.7 Å². The lowest BCUT2D eigenvalue weighted by atomic mass is 9.91. The molecular weight excluding hydrogens is 444 g/mol. The summed E-state index contributed by atoms with van der Waals surface area (Å²) in [5.74, 6) is 1.44. The van der Waals surface area contributed by atoms with Gasteiger partial charge in [0.2, 0.25) is 0 Å². The Labute approximate surface area is 197 Å². The molecule has 4 heterocycles. The number of aromatic nitrogens is 2. The van der Waals surface area contributed by atoms with Crippen LogP contribution < -0.4 is 10.5 Å². The Kier molecular flexibility index (Phi) is 6.69. The number of thiocarbonyl (C=S) groups is 1. The van der Waals surface area contributed by atoms with Crippen LogP contribution in [0.5, 0.6) is 0 Å². The molecule has 9 heteroatoms. The van der Waals surface area contributed by atoms with Gasteiger partial charge in [-0.05, 0) is 42.9 Å². The second kappa shape index (κ2) is 9.33. The molecule has 2 saturated heterocycles. The Morgan fingerprint density at radius 1 is 1.25 bits per heavy atom. The summed E-state index contributed by atoms with van der Waals surface area (Å²) in [5, 5.41) is 0. The van der Waals surface area contributed by atoms with Crippen molar-refractivity contribution in [2.75, 3.05) is 38.3 Å². The van der Waals surface area contributed by atoms with Crippen molar-refractivity contribution in [1.29, 1.82) is 0 Å². The predicted octanol–water partition coefficient (Wildman–Crippen LogP) is 3.33. The first-order chi connectivity index (χ1) is 15.3. The number of anilines is 1. The Morgan fingerprint density at radius 3 is 2.66 bits per heavy atom. The summed E-state index contributed by atoms with van der Waals surface area (Å²) in [4.78, 5) is 35.6. The third kappa shape index (κ3) is 4.46. The highest BCUT2D eigenvalue weighted by Gasteiger charge is 2.33. The molecule has 0 radical (unpaired) electrons. The molecule has 1 amide bonds. The van der Waals surface area contributed by atoms with Gasteiger partial charge in [0.05, 0.1) is 23.6 Å². The molecule has 2 aliphatic heterocycles. The number of nitrogens with zero attached hydrogens (tertiary/aromatic N) is 4. The highest BCUT2D eigenvalue weighted by molar-refractivity contribution is 8.26. The number of pyridine rings is 1. The number of rotatable bonds is 5. The molecule has 0 aliphatic carbocycles. The van der Waals surface area contributed by atoms with E-state index in [-0.39, 0.29) is 11.5 Å². The molecule has 7 nitrogen and oxygen atoms in total. The van der Waals surface area contributed by atoms with Crippen LogP contribution in [0.25, 0.3) is 11.7 Å². The highest BCUT2D eigenvalue weighted by Crippen LogP contribution is 2.34. The maximum Gasteiger partial charge on any atom is 0.267 e. The van der Waals surface area contributed by atoms with Gasteiger partial charge in [-0.15, -0.1) is 0 Å². The molecule has 2 aliphatic rings. The van der Waals surface area contributed by atoms with Gasteiger partial charge in [-0.25, -0.2) is 4.98 Å². The van der Waals surface area contributed by atoms with Crippen molar-refractivity contribution < 1.29 is 9.53 Å². The zero-order chi connectivity index (χ0) is 23.0. The fourth-order valence-corrected chi connectivity index (χ4v) is 5.75. The summed E-state index contributed by atoms with van der Waals surface area (Å²) in [7, 11) is 1.59. The summed E-state index contributed by atoms with van der Waals surface area (Å²) in [5.41, 5.74) is 1.82. The van der Waals surface area contributed by atoms with E-state index in [4.69, 9.17) is 21.9 Å². The first kappa shape index (κ1) is 22.9. The molecule has 0 bridgehead atoms. The van der Waals surface area contributed by atoms with E-state index >= 15 is 0 Å². The van der Waals surface area contributed by atoms with Crippen molar-refractivity contribution in [2.24, 2.45) is 11.8 Å². The van der Waals surface area contributed by atoms with E-state index in [0.29, 0.717) is 51.2 Å². The van der Waals surface area contributed by atoms with Gasteiger partial charge in [0.15, 0.2) is 0 Å². The summed E-state index contributed by atoms with van der Waals surface area (Å²) in [6.07, 6.45) is 4.61. The molecule has 4 rings (SSSR count). The SMILES string of the molecule is COCCN1C(=O)/C(=C/c2c(N3C[C@H](C)C[C@H](C)C3)nc3ccc(C)cn3c2=O)SC1=S. The molecule has 2 atom stereocenters. The fourth-order valence-electron chi connectivity index (χ4n) is 4.46. The second-order valence-corrected chi connectivity index (χ2v) is 10.4. The van der Waals surface area contributed by atoms with Crippen LogP contribution in [-0.2, 0) is 9.53 Å². The minimum atomic E-state index is -0.197. The van der Waals surface area contributed by atoms with E-state index < -0.39 is 0 Å². The van der Waals surface area contributed by atoms with Gasteiger partial charge >= 0.3 is 0 Å². The predicted molar refractivity (Wildman–Crippen MR) is 133 cm³/mol. The molecular formula is C23H28N4O3S2. The number of thioether (sulfide) groups is 1. The van der Waals surface area contributed by atoms with Gasteiger partial charge in [-0.1, -0.05) is 43.9 Å². The Morgan fingerprint density at radius 2 is 1.97 bits per heavy atom. The van der Waals surface area contributed by atoms with Crippen molar-refractivity contribution in [3.63, 3.8) is 0 Å². The molecule has 0 spiro atoms. The summed E-state index contributed by atoms with van der Waals surface area (Å²) >= 11 is 6.62. The number of fused-ring (bicyclic) bond motifs is 1. The Hall–Kier alpha value is -2.23. The number of amides is 1. The standard InChI is InChI=1S/C23H28N4O3S2/c1-14-5-6-19-24-20(25-11-15(2)9-16(3)12-25)17(21(28)27(19)13-14)10-18-22(29)26(7-8-30-4)23(31)32-18/h5-6,10,13,15-16H,7-9,11-12H2,1-4H3/b18-10-/t15-,16+. The van der Waals surface area contributed by atoms with Crippen LogP contribution in [0.2, 0.25) is 0 Å². The molecule has 2 aromatic rings. The normalized spacial score (nSPS) is 23.1. The topological polar surface area (TPSA) is 67.2 Å². The number of hydrogen-bond donors (Lipinski definition) is 0. The molecule has 0 unspecified atom stereocenters. The van der Waals surface area contributed by atoms with Gasteiger partial charge in [-0.3, -0.25) is 18.9 Å². The van der Waals surface area contributed by atoms with Crippen molar-refractivity contribution in [3.8, 4) is 0 Å². The van der Waals surface area contributed by atoms with Gasteiger partial charge in [-0.2, -0.15) is 0 Å². The van der Waals surface area contributed by atoms with Crippen LogP contribution in [0.15, 0.2) is 28.0 Å². The molecule has 2 fully saturated rings. The van der Waals surface area contributed by atoms with Gasteiger partial charge in [0.25, 0.3) is 11.5 Å².